The first-order chi connectivity index (χ1) is 7.63. The van der Waals surface area contributed by atoms with Crippen LogP contribution in [0, 0.1) is 11.3 Å². The Morgan fingerprint density at radius 3 is 2.12 bits per heavy atom. The van der Waals surface area contributed by atoms with Crippen molar-refractivity contribution in [2.75, 3.05) is 0 Å². The molecule has 0 aliphatic heterocycles. The molecule has 0 saturated carbocycles. The van der Waals surface area contributed by atoms with Crippen molar-refractivity contribution in [1.82, 2.24) is 0 Å². The largest absolute Gasteiger partial charge is 0.558 e. The third-order valence-corrected chi connectivity index (χ3v) is 2.02. The van der Waals surface area contributed by atoms with Crippen molar-refractivity contribution in [3.8, 4) is 11.8 Å². The van der Waals surface area contributed by atoms with Crippen molar-refractivity contribution in [1.29, 1.82) is 5.26 Å². The summed E-state index contributed by atoms with van der Waals surface area (Å²) in [5, 5.41) is 8.40. The van der Waals surface area contributed by atoms with E-state index in [-0.39, 0.29) is 5.75 Å². The van der Waals surface area contributed by atoms with Crippen LogP contribution >= 0.6 is 8.25 Å². The first-order valence-electron chi connectivity index (χ1n) is 4.96. The molecule has 0 radical (unpaired) electrons. The summed E-state index contributed by atoms with van der Waals surface area (Å²) in [5.41, 5.74) is 0.462. The van der Waals surface area contributed by atoms with E-state index in [1.54, 1.807) is 0 Å². The summed E-state index contributed by atoms with van der Waals surface area (Å²) in [6.45, 7) is 4.36. The van der Waals surface area contributed by atoms with E-state index in [2.05, 4.69) is 18.4 Å². The minimum Gasteiger partial charge on any atom is -0.558 e. The van der Waals surface area contributed by atoms with E-state index >= 15 is 0 Å². The van der Waals surface area contributed by atoms with Gasteiger partial charge in [-0.05, 0) is 28.8 Å². The summed E-state index contributed by atoms with van der Waals surface area (Å²) in [7, 11) is -2.87. The fourth-order valence-corrected chi connectivity index (χ4v) is 0.970. The number of hydrogen-bond acceptors (Lipinski definition) is 4. The maximum atomic E-state index is 10.1. The lowest BCUT2D eigenvalue weighted by molar-refractivity contribution is -0.178. The highest BCUT2D eigenvalue weighted by Crippen LogP contribution is 2.19. The second kappa shape index (κ2) is 8.84. The van der Waals surface area contributed by atoms with E-state index < -0.39 is 8.25 Å². The second-order valence-corrected chi connectivity index (χ2v) is 3.58. The van der Waals surface area contributed by atoms with Crippen molar-refractivity contribution in [2.24, 2.45) is 0 Å². The molecular weight excluding hydrogens is 225 g/mol. The van der Waals surface area contributed by atoms with Crippen LogP contribution in [0.3, 0.4) is 0 Å². The molecule has 0 bridgehead atoms. The van der Waals surface area contributed by atoms with Gasteiger partial charge in [0.15, 0.2) is 5.75 Å². The fraction of sp³-hybridized carbons (Fsp3) is 0.364. The number of unbranched alkanes of at least 4 members (excludes halogenated alkanes) is 1. The van der Waals surface area contributed by atoms with Gasteiger partial charge in [-0.1, -0.05) is 26.7 Å². The van der Waals surface area contributed by atoms with Crippen LogP contribution in [-0.2, 0) is 4.57 Å². The van der Waals surface area contributed by atoms with E-state index in [0.29, 0.717) is 5.56 Å². The van der Waals surface area contributed by atoms with Crippen molar-refractivity contribution >= 4 is 8.25 Å². The Morgan fingerprint density at radius 1 is 1.31 bits per heavy atom. The fourth-order valence-electron chi connectivity index (χ4n) is 0.676. The van der Waals surface area contributed by atoms with Crippen molar-refractivity contribution in [2.45, 2.75) is 26.7 Å². The molecule has 0 fully saturated rings. The molecule has 0 saturated heterocycles. The average molecular weight is 239 g/mol. The molecule has 0 N–H and O–H groups in total. The third kappa shape index (κ3) is 6.94. The van der Waals surface area contributed by atoms with Gasteiger partial charge in [-0.15, -0.1) is 0 Å². The Bertz CT molecular complexity index is 354. The van der Waals surface area contributed by atoms with Gasteiger partial charge >= 0.3 is 8.25 Å². The van der Waals surface area contributed by atoms with Crippen LogP contribution in [0.25, 0.3) is 0 Å². The summed E-state index contributed by atoms with van der Waals surface area (Å²) < 4.78 is 14.4. The minimum absolute atomic E-state index is 0.213. The Labute approximate surface area is 96.4 Å². The lowest BCUT2D eigenvalue weighted by Crippen LogP contribution is -1.92. The zero-order valence-corrected chi connectivity index (χ0v) is 10.2. The van der Waals surface area contributed by atoms with Crippen LogP contribution in [-0.4, -0.2) is 0 Å². The zero-order valence-electron chi connectivity index (χ0n) is 9.34. The maximum Gasteiger partial charge on any atom is 0.539 e. The standard InChI is InChI=1S/C7H4NO3P.C4H10/c8-5-6-1-3-7(4-2-6)11-12(9)10;1-3-4-2/h1-4H;3-4H2,1-2H3. The van der Waals surface area contributed by atoms with Crippen LogP contribution < -0.4 is 9.42 Å². The van der Waals surface area contributed by atoms with Crippen LogP contribution in [0.15, 0.2) is 24.3 Å². The van der Waals surface area contributed by atoms with Crippen LogP contribution in [0.4, 0.5) is 0 Å². The van der Waals surface area contributed by atoms with Crippen LogP contribution in [0.1, 0.15) is 32.3 Å². The third-order valence-electron chi connectivity index (χ3n) is 1.66. The van der Waals surface area contributed by atoms with E-state index in [1.165, 1.54) is 37.1 Å². The zero-order chi connectivity index (χ0) is 12.4. The maximum absolute atomic E-state index is 10.1. The monoisotopic (exact) mass is 239 g/mol. The quantitative estimate of drug-likeness (QED) is 0.760. The van der Waals surface area contributed by atoms with Gasteiger partial charge in [0.05, 0.1) is 11.6 Å². The Balaban J connectivity index is 0.000000487. The van der Waals surface area contributed by atoms with Crippen LogP contribution in [0.5, 0.6) is 5.75 Å². The van der Waals surface area contributed by atoms with E-state index in [4.69, 9.17) is 5.26 Å². The summed E-state index contributed by atoms with van der Waals surface area (Å²) in [5.74, 6) is 0.213. The van der Waals surface area contributed by atoms with E-state index in [9.17, 15) is 9.46 Å². The molecule has 86 valence electrons. The number of rotatable bonds is 3. The summed E-state index contributed by atoms with van der Waals surface area (Å²) >= 11 is 0. The normalized spacial score (nSPS) is 9.50. The van der Waals surface area contributed by atoms with E-state index in [0.717, 1.165) is 0 Å². The number of hydrogen-bond donors (Lipinski definition) is 0. The second-order valence-electron chi connectivity index (χ2n) is 2.95. The van der Waals surface area contributed by atoms with Gasteiger partial charge in [-0.2, -0.15) is 5.26 Å². The van der Waals surface area contributed by atoms with Gasteiger partial charge < -0.3 is 4.89 Å². The van der Waals surface area contributed by atoms with Gasteiger partial charge in [0.1, 0.15) is 0 Å². The van der Waals surface area contributed by atoms with Crippen molar-refractivity contribution in [3.63, 3.8) is 0 Å². The minimum atomic E-state index is -2.87. The summed E-state index contributed by atoms with van der Waals surface area (Å²) in [4.78, 5) is 10.1. The summed E-state index contributed by atoms with van der Waals surface area (Å²) in [6.07, 6.45) is 2.64. The molecule has 1 aromatic carbocycles. The molecule has 1 atom stereocenters. The van der Waals surface area contributed by atoms with Gasteiger partial charge in [0.25, 0.3) is 0 Å². The molecule has 1 aromatic rings. The van der Waals surface area contributed by atoms with Gasteiger partial charge in [0.2, 0.25) is 0 Å². The lowest BCUT2D eigenvalue weighted by atomic mass is 10.2. The molecule has 4 nitrogen and oxygen atoms in total. The molecule has 1 unspecified atom stereocenters. The molecule has 0 aliphatic rings. The summed E-state index contributed by atoms with van der Waals surface area (Å²) in [6, 6.07) is 7.70. The van der Waals surface area contributed by atoms with E-state index in [1.807, 2.05) is 6.07 Å². The molecule has 0 heterocycles. The predicted octanol–water partition coefficient (Wildman–Crippen LogP) is 2.76. The predicted molar refractivity (Wildman–Crippen MR) is 60.0 cm³/mol. The topological polar surface area (TPSA) is 73.1 Å². The molecule has 0 spiro atoms. The Hall–Kier alpha value is -1.43. The molecule has 0 amide bonds. The Morgan fingerprint density at radius 2 is 1.81 bits per heavy atom. The average Bonchev–Trinajstić information content (AvgIpc) is 2.30. The molecule has 16 heavy (non-hydrogen) atoms. The first-order valence-corrected chi connectivity index (χ1v) is 6.06. The molecule has 0 aliphatic carbocycles. The first kappa shape index (κ1) is 14.6. The number of nitrogens with zero attached hydrogens (tertiary/aromatic N) is 1. The van der Waals surface area contributed by atoms with Crippen molar-refractivity contribution in [3.05, 3.63) is 29.8 Å². The molecule has 5 heteroatoms. The highest BCUT2D eigenvalue weighted by molar-refractivity contribution is 7.31. The lowest BCUT2D eigenvalue weighted by Gasteiger charge is -1.92. The molecule has 1 rings (SSSR count). The smallest absolute Gasteiger partial charge is 0.539 e. The highest BCUT2D eigenvalue weighted by atomic mass is 31.1. The molecular formula is C11H14NO3P. The van der Waals surface area contributed by atoms with Gasteiger partial charge in [0, 0.05) is 0 Å². The Kier molecular flexibility index (Phi) is 8.05. The van der Waals surface area contributed by atoms with Gasteiger partial charge in [-0.3, -0.25) is 4.52 Å². The molecule has 0 aromatic heterocycles. The SMILES string of the molecule is CCCC.N#Cc1ccc(O[P+](=O)[O-])cc1. The van der Waals surface area contributed by atoms with Crippen molar-refractivity contribution < 1.29 is 14.0 Å². The van der Waals surface area contributed by atoms with Crippen LogP contribution in [0.2, 0.25) is 0 Å². The van der Waals surface area contributed by atoms with Gasteiger partial charge in [-0.25, -0.2) is 0 Å². The number of nitriles is 1. The highest BCUT2D eigenvalue weighted by Gasteiger charge is 2.03. The number of benzene rings is 1.